The lowest BCUT2D eigenvalue weighted by Gasteiger charge is -2.09. The maximum absolute atomic E-state index is 13.6. The van der Waals surface area contributed by atoms with Crippen molar-refractivity contribution in [1.29, 1.82) is 0 Å². The molecule has 20 heavy (non-hydrogen) atoms. The van der Waals surface area contributed by atoms with Crippen LogP contribution in [-0.2, 0) is 6.61 Å². The molecule has 0 saturated heterocycles. The number of carboxylic acid groups (broad SMARTS) is 1. The fourth-order valence-electron chi connectivity index (χ4n) is 1.56. The lowest BCUT2D eigenvalue weighted by molar-refractivity contribution is 0.0696. The first-order valence-electron chi connectivity index (χ1n) is 5.57. The quantitative estimate of drug-likeness (QED) is 0.909. The summed E-state index contributed by atoms with van der Waals surface area (Å²) in [5.41, 5.74) is 0.469. The molecule has 0 radical (unpaired) electrons. The highest BCUT2D eigenvalue weighted by Gasteiger charge is 2.10. The van der Waals surface area contributed by atoms with Gasteiger partial charge in [-0.25, -0.2) is 9.18 Å². The number of carboxylic acids is 1. The van der Waals surface area contributed by atoms with Crippen LogP contribution in [0.2, 0.25) is 10.0 Å². The zero-order valence-electron chi connectivity index (χ0n) is 10.1. The second-order valence-corrected chi connectivity index (χ2v) is 4.82. The molecule has 0 amide bonds. The summed E-state index contributed by atoms with van der Waals surface area (Å²) in [5, 5.41) is 9.69. The van der Waals surface area contributed by atoms with Crippen molar-refractivity contribution in [2.45, 2.75) is 6.61 Å². The first kappa shape index (κ1) is 14.6. The van der Waals surface area contributed by atoms with Crippen LogP contribution in [0.1, 0.15) is 15.9 Å². The second kappa shape index (κ2) is 6.11. The smallest absolute Gasteiger partial charge is 0.335 e. The molecular formula is C14H9Cl2FO3. The second-order valence-electron chi connectivity index (χ2n) is 3.97. The van der Waals surface area contributed by atoms with Crippen molar-refractivity contribution in [3.63, 3.8) is 0 Å². The van der Waals surface area contributed by atoms with E-state index in [0.29, 0.717) is 15.6 Å². The standard InChI is InChI=1S/C14H9Cl2FO3/c15-10-2-3-11(16)9(5-10)7-20-13-4-1-8(14(18)19)6-12(13)17/h1-6H,7H2,(H,18,19). The number of ether oxygens (including phenoxy) is 1. The normalized spacial score (nSPS) is 10.3. The van der Waals surface area contributed by atoms with Crippen molar-refractivity contribution in [3.05, 3.63) is 63.4 Å². The molecule has 0 unspecified atom stereocenters. The number of aromatic carboxylic acids is 1. The highest BCUT2D eigenvalue weighted by atomic mass is 35.5. The molecule has 0 bridgehead atoms. The summed E-state index contributed by atoms with van der Waals surface area (Å²) in [4.78, 5) is 10.7. The maximum Gasteiger partial charge on any atom is 0.335 e. The van der Waals surface area contributed by atoms with Crippen molar-refractivity contribution in [2.75, 3.05) is 0 Å². The van der Waals surface area contributed by atoms with Crippen LogP contribution in [0.4, 0.5) is 4.39 Å². The zero-order valence-corrected chi connectivity index (χ0v) is 11.6. The highest BCUT2D eigenvalue weighted by Crippen LogP contribution is 2.24. The van der Waals surface area contributed by atoms with Gasteiger partial charge < -0.3 is 9.84 Å². The van der Waals surface area contributed by atoms with Crippen LogP contribution in [0.15, 0.2) is 36.4 Å². The third-order valence-electron chi connectivity index (χ3n) is 2.57. The molecule has 1 N–H and O–H groups in total. The third kappa shape index (κ3) is 3.40. The van der Waals surface area contributed by atoms with Gasteiger partial charge >= 0.3 is 5.97 Å². The number of hydrogen-bond acceptors (Lipinski definition) is 2. The average molecular weight is 315 g/mol. The van der Waals surface area contributed by atoms with E-state index in [4.69, 9.17) is 33.0 Å². The lowest BCUT2D eigenvalue weighted by Crippen LogP contribution is -2.01. The van der Waals surface area contributed by atoms with Crippen LogP contribution in [-0.4, -0.2) is 11.1 Å². The Balaban J connectivity index is 2.15. The van der Waals surface area contributed by atoms with Crippen LogP contribution in [0, 0.1) is 5.82 Å². The SMILES string of the molecule is O=C(O)c1ccc(OCc2cc(Cl)ccc2Cl)c(F)c1. The predicted molar refractivity (Wildman–Crippen MR) is 74.2 cm³/mol. The van der Waals surface area contributed by atoms with E-state index in [1.807, 2.05) is 0 Å². The molecule has 2 aromatic rings. The van der Waals surface area contributed by atoms with Gasteiger partial charge in [0.2, 0.25) is 0 Å². The molecule has 0 atom stereocenters. The van der Waals surface area contributed by atoms with Crippen LogP contribution in [0.3, 0.4) is 0 Å². The van der Waals surface area contributed by atoms with E-state index in [9.17, 15) is 9.18 Å². The first-order valence-corrected chi connectivity index (χ1v) is 6.32. The molecular weight excluding hydrogens is 306 g/mol. The number of carbonyl (C=O) groups is 1. The molecule has 0 heterocycles. The van der Waals surface area contributed by atoms with Gasteiger partial charge in [0.25, 0.3) is 0 Å². The summed E-state index contributed by atoms with van der Waals surface area (Å²) in [6.07, 6.45) is 0. The Morgan fingerprint density at radius 3 is 2.60 bits per heavy atom. The van der Waals surface area contributed by atoms with E-state index >= 15 is 0 Å². The summed E-state index contributed by atoms with van der Waals surface area (Å²) in [7, 11) is 0. The van der Waals surface area contributed by atoms with Crippen molar-refractivity contribution in [2.24, 2.45) is 0 Å². The Morgan fingerprint density at radius 2 is 1.95 bits per heavy atom. The van der Waals surface area contributed by atoms with Gasteiger partial charge in [-0.1, -0.05) is 23.2 Å². The summed E-state index contributed by atoms with van der Waals surface area (Å²) in [6.45, 7) is 0.0305. The molecule has 0 aromatic heterocycles. The largest absolute Gasteiger partial charge is 0.486 e. The van der Waals surface area contributed by atoms with Crippen LogP contribution in [0.25, 0.3) is 0 Å². The Labute approximate surface area is 124 Å². The zero-order chi connectivity index (χ0) is 14.7. The molecule has 0 saturated carbocycles. The number of halogens is 3. The number of rotatable bonds is 4. The Bertz CT molecular complexity index is 659. The van der Waals surface area contributed by atoms with E-state index in [0.717, 1.165) is 6.07 Å². The van der Waals surface area contributed by atoms with Gasteiger partial charge in [0.15, 0.2) is 11.6 Å². The van der Waals surface area contributed by atoms with E-state index in [-0.39, 0.29) is 17.9 Å². The lowest BCUT2D eigenvalue weighted by atomic mass is 10.2. The molecule has 0 spiro atoms. The van der Waals surface area contributed by atoms with Gasteiger partial charge in [-0.05, 0) is 36.4 Å². The summed E-state index contributed by atoms with van der Waals surface area (Å²) in [5.74, 6) is -2.00. The average Bonchev–Trinajstić information content (AvgIpc) is 2.40. The molecule has 0 aliphatic rings. The Hall–Kier alpha value is -1.78. The van der Waals surface area contributed by atoms with Crippen LogP contribution >= 0.6 is 23.2 Å². The van der Waals surface area contributed by atoms with Gasteiger partial charge in [-0.2, -0.15) is 0 Å². The Morgan fingerprint density at radius 1 is 1.20 bits per heavy atom. The minimum Gasteiger partial charge on any atom is -0.486 e. The predicted octanol–water partition coefficient (Wildman–Crippen LogP) is 4.41. The molecule has 0 aliphatic carbocycles. The van der Waals surface area contributed by atoms with Crippen LogP contribution < -0.4 is 4.74 Å². The summed E-state index contributed by atoms with van der Waals surface area (Å²) in [6, 6.07) is 8.30. The van der Waals surface area contributed by atoms with Gasteiger partial charge in [0.1, 0.15) is 6.61 Å². The van der Waals surface area contributed by atoms with Crippen molar-refractivity contribution in [3.8, 4) is 5.75 Å². The number of benzene rings is 2. The van der Waals surface area contributed by atoms with Crippen molar-refractivity contribution in [1.82, 2.24) is 0 Å². The molecule has 0 fully saturated rings. The molecule has 3 nitrogen and oxygen atoms in total. The fourth-order valence-corrected chi connectivity index (χ4v) is 1.93. The summed E-state index contributed by atoms with van der Waals surface area (Å²) < 4.78 is 18.9. The molecule has 0 aliphatic heterocycles. The minimum absolute atomic E-state index is 0.0305. The topological polar surface area (TPSA) is 46.5 Å². The van der Waals surface area contributed by atoms with Crippen molar-refractivity contribution < 1.29 is 19.0 Å². The first-order chi connectivity index (χ1) is 9.47. The van der Waals surface area contributed by atoms with E-state index < -0.39 is 11.8 Å². The van der Waals surface area contributed by atoms with E-state index in [2.05, 4.69) is 0 Å². The maximum atomic E-state index is 13.6. The molecule has 104 valence electrons. The van der Waals surface area contributed by atoms with Crippen molar-refractivity contribution >= 4 is 29.2 Å². The van der Waals surface area contributed by atoms with Gasteiger partial charge in [-0.15, -0.1) is 0 Å². The molecule has 2 rings (SSSR count). The minimum atomic E-state index is -1.20. The Kier molecular flexibility index (Phi) is 4.47. The third-order valence-corrected chi connectivity index (χ3v) is 3.17. The summed E-state index contributed by atoms with van der Waals surface area (Å²) >= 11 is 11.8. The van der Waals surface area contributed by atoms with Crippen LogP contribution in [0.5, 0.6) is 5.75 Å². The fraction of sp³-hybridized carbons (Fsp3) is 0.0714. The van der Waals surface area contributed by atoms with Gasteiger partial charge in [0, 0.05) is 15.6 Å². The van der Waals surface area contributed by atoms with E-state index in [1.54, 1.807) is 18.2 Å². The monoisotopic (exact) mass is 314 g/mol. The number of hydrogen-bond donors (Lipinski definition) is 1. The molecule has 6 heteroatoms. The van der Waals surface area contributed by atoms with E-state index in [1.165, 1.54) is 12.1 Å². The van der Waals surface area contributed by atoms with Gasteiger partial charge in [0.05, 0.1) is 5.56 Å². The highest BCUT2D eigenvalue weighted by molar-refractivity contribution is 6.33. The molecule has 2 aromatic carbocycles. The van der Waals surface area contributed by atoms with Gasteiger partial charge in [-0.3, -0.25) is 0 Å².